The van der Waals surface area contributed by atoms with Gasteiger partial charge in [-0.3, -0.25) is 4.79 Å². The molecule has 0 saturated heterocycles. The average molecular weight is 204 g/mol. The lowest BCUT2D eigenvalue weighted by molar-refractivity contribution is 0.443. The number of rotatable bonds is 1. The third kappa shape index (κ3) is 2.38. The van der Waals surface area contributed by atoms with Crippen LogP contribution in [0, 0.1) is 0 Å². The van der Waals surface area contributed by atoms with Gasteiger partial charge in [0.1, 0.15) is 0 Å². The Bertz CT molecular complexity index is 392. The van der Waals surface area contributed by atoms with Gasteiger partial charge in [0.05, 0.1) is 0 Å². The molecule has 0 aromatic heterocycles. The van der Waals surface area contributed by atoms with Crippen LogP contribution in [0.4, 0.5) is 0 Å². The topological polar surface area (TPSA) is 37.3 Å². The molecular weight excluding hydrogens is 188 g/mol. The fourth-order valence-electron chi connectivity index (χ4n) is 2.28. The highest BCUT2D eigenvalue weighted by atomic mass is 16.3. The van der Waals surface area contributed by atoms with E-state index in [2.05, 4.69) is 0 Å². The summed E-state index contributed by atoms with van der Waals surface area (Å²) in [6.07, 6.45) is 6.30. The Hall–Kier alpha value is -1.31. The first kappa shape index (κ1) is 10.2. The molecule has 1 N–H and O–H groups in total. The van der Waals surface area contributed by atoms with Crippen molar-refractivity contribution in [2.24, 2.45) is 0 Å². The number of aromatic hydroxyl groups is 1. The molecule has 2 rings (SSSR count). The fraction of sp³-hybridized carbons (Fsp3) is 0.462. The molecule has 80 valence electrons. The quantitative estimate of drug-likeness (QED) is 0.763. The molecule has 2 nitrogen and oxygen atoms in total. The second-order valence-corrected chi connectivity index (χ2v) is 4.25. The van der Waals surface area contributed by atoms with Gasteiger partial charge in [0.25, 0.3) is 0 Å². The molecule has 1 aliphatic carbocycles. The van der Waals surface area contributed by atoms with Gasteiger partial charge in [-0.25, -0.2) is 0 Å². The van der Waals surface area contributed by atoms with E-state index in [4.69, 9.17) is 0 Å². The van der Waals surface area contributed by atoms with E-state index in [1.807, 2.05) is 12.1 Å². The van der Waals surface area contributed by atoms with E-state index < -0.39 is 0 Å². The molecule has 1 saturated carbocycles. The van der Waals surface area contributed by atoms with Gasteiger partial charge in [-0.05, 0) is 36.5 Å². The minimum atomic E-state index is -0.294. The molecule has 0 bridgehead atoms. The summed E-state index contributed by atoms with van der Waals surface area (Å²) in [4.78, 5) is 11.2. The van der Waals surface area contributed by atoms with Crippen LogP contribution in [0.3, 0.4) is 0 Å². The summed E-state index contributed by atoms with van der Waals surface area (Å²) < 4.78 is 0. The molecule has 1 aromatic rings. The Morgan fingerprint density at radius 3 is 2.40 bits per heavy atom. The lowest BCUT2D eigenvalue weighted by atomic mass is 9.85. The fourth-order valence-corrected chi connectivity index (χ4v) is 2.28. The van der Waals surface area contributed by atoms with Crippen LogP contribution in [-0.4, -0.2) is 5.11 Å². The first-order valence-electron chi connectivity index (χ1n) is 5.60. The van der Waals surface area contributed by atoms with Crippen molar-refractivity contribution in [2.75, 3.05) is 0 Å². The molecule has 1 aromatic carbocycles. The molecule has 0 atom stereocenters. The predicted octanol–water partition coefficient (Wildman–Crippen LogP) is 2.80. The van der Waals surface area contributed by atoms with E-state index in [9.17, 15) is 9.90 Å². The highest BCUT2D eigenvalue weighted by Gasteiger charge is 2.14. The van der Waals surface area contributed by atoms with Crippen LogP contribution in [0.15, 0.2) is 29.1 Å². The minimum Gasteiger partial charge on any atom is -0.504 e. The van der Waals surface area contributed by atoms with Crippen LogP contribution >= 0.6 is 0 Å². The van der Waals surface area contributed by atoms with E-state index >= 15 is 0 Å². The Labute approximate surface area is 89.6 Å². The molecule has 1 fully saturated rings. The van der Waals surface area contributed by atoms with Crippen molar-refractivity contribution >= 4 is 0 Å². The Kier molecular flexibility index (Phi) is 3.05. The molecular formula is C13H16O2. The predicted molar refractivity (Wildman–Crippen MR) is 60.2 cm³/mol. The van der Waals surface area contributed by atoms with Gasteiger partial charge in [0.15, 0.2) is 5.75 Å². The van der Waals surface area contributed by atoms with Crippen LogP contribution < -0.4 is 5.43 Å². The zero-order valence-corrected chi connectivity index (χ0v) is 8.78. The van der Waals surface area contributed by atoms with Crippen molar-refractivity contribution in [3.63, 3.8) is 0 Å². The van der Waals surface area contributed by atoms with Gasteiger partial charge < -0.3 is 5.11 Å². The Balaban J connectivity index is 2.29. The van der Waals surface area contributed by atoms with Gasteiger partial charge in [-0.2, -0.15) is 0 Å². The Morgan fingerprint density at radius 2 is 1.67 bits per heavy atom. The third-order valence-electron chi connectivity index (χ3n) is 3.19. The molecule has 0 spiro atoms. The number of hydrogen-bond donors (Lipinski definition) is 1. The normalized spacial score (nSPS) is 17.6. The SMILES string of the molecule is O=c1ccc(C2CCCCC2)ccc1O. The summed E-state index contributed by atoms with van der Waals surface area (Å²) in [6.45, 7) is 0. The molecule has 0 radical (unpaired) electrons. The van der Waals surface area contributed by atoms with Crippen molar-refractivity contribution in [3.8, 4) is 5.75 Å². The van der Waals surface area contributed by atoms with Crippen molar-refractivity contribution in [3.05, 3.63) is 40.1 Å². The van der Waals surface area contributed by atoms with E-state index in [1.165, 1.54) is 49.8 Å². The minimum absolute atomic E-state index is 0.156. The van der Waals surface area contributed by atoms with E-state index in [0.717, 1.165) is 0 Å². The summed E-state index contributed by atoms with van der Waals surface area (Å²) >= 11 is 0. The average Bonchev–Trinajstić information content (AvgIpc) is 2.44. The van der Waals surface area contributed by atoms with Gasteiger partial charge in [-0.15, -0.1) is 0 Å². The maximum Gasteiger partial charge on any atom is 0.220 e. The van der Waals surface area contributed by atoms with Crippen molar-refractivity contribution in [1.29, 1.82) is 0 Å². The highest BCUT2D eigenvalue weighted by molar-refractivity contribution is 5.26. The maximum atomic E-state index is 11.2. The molecule has 0 heterocycles. The zero-order chi connectivity index (χ0) is 10.7. The van der Waals surface area contributed by atoms with Crippen LogP contribution in [0.25, 0.3) is 0 Å². The standard InChI is InChI=1S/C13H16O2/c14-12-8-6-11(7-9-13(12)15)10-4-2-1-3-5-10/h6-10H,1-5H2,(H,14,15). The van der Waals surface area contributed by atoms with Crippen molar-refractivity contribution in [1.82, 2.24) is 0 Å². The largest absolute Gasteiger partial charge is 0.504 e. The van der Waals surface area contributed by atoms with Gasteiger partial charge in [-0.1, -0.05) is 31.4 Å². The summed E-state index contributed by atoms with van der Waals surface area (Å²) in [7, 11) is 0. The van der Waals surface area contributed by atoms with Gasteiger partial charge in [0, 0.05) is 0 Å². The summed E-state index contributed by atoms with van der Waals surface area (Å²) in [6, 6.07) is 6.73. The summed E-state index contributed by atoms with van der Waals surface area (Å²) in [5.41, 5.74) is 0.893. The van der Waals surface area contributed by atoms with Gasteiger partial charge >= 0.3 is 0 Å². The first-order chi connectivity index (χ1) is 7.27. The lowest BCUT2D eigenvalue weighted by Crippen LogP contribution is -2.03. The molecule has 1 aliphatic rings. The van der Waals surface area contributed by atoms with Gasteiger partial charge in [0.2, 0.25) is 5.43 Å². The molecule has 2 heteroatoms. The monoisotopic (exact) mass is 204 g/mol. The van der Waals surface area contributed by atoms with Crippen molar-refractivity contribution in [2.45, 2.75) is 38.0 Å². The van der Waals surface area contributed by atoms with Crippen LogP contribution in [0.5, 0.6) is 5.75 Å². The molecule has 0 aliphatic heterocycles. The highest BCUT2D eigenvalue weighted by Crippen LogP contribution is 2.32. The lowest BCUT2D eigenvalue weighted by Gasteiger charge is -2.21. The molecule has 0 unspecified atom stereocenters. The third-order valence-corrected chi connectivity index (χ3v) is 3.19. The molecule has 15 heavy (non-hydrogen) atoms. The van der Waals surface area contributed by atoms with Crippen LogP contribution in [-0.2, 0) is 0 Å². The zero-order valence-electron chi connectivity index (χ0n) is 8.78. The summed E-state index contributed by atoms with van der Waals surface area (Å²) in [5, 5.41) is 9.29. The first-order valence-corrected chi connectivity index (χ1v) is 5.60. The van der Waals surface area contributed by atoms with Crippen LogP contribution in [0.2, 0.25) is 0 Å². The maximum absolute atomic E-state index is 11.2. The Morgan fingerprint density at radius 1 is 1.00 bits per heavy atom. The van der Waals surface area contributed by atoms with E-state index in [-0.39, 0.29) is 11.2 Å². The second kappa shape index (κ2) is 4.47. The molecule has 0 amide bonds. The van der Waals surface area contributed by atoms with Crippen molar-refractivity contribution < 1.29 is 5.11 Å². The van der Waals surface area contributed by atoms with Crippen LogP contribution in [0.1, 0.15) is 43.6 Å². The van der Waals surface area contributed by atoms with E-state index in [0.29, 0.717) is 5.92 Å². The summed E-state index contributed by atoms with van der Waals surface area (Å²) in [5.74, 6) is 0.419. The smallest absolute Gasteiger partial charge is 0.220 e. The van der Waals surface area contributed by atoms with E-state index in [1.54, 1.807) is 0 Å². The number of hydrogen-bond acceptors (Lipinski definition) is 2. The second-order valence-electron chi connectivity index (χ2n) is 4.25.